The fourth-order valence-electron chi connectivity index (χ4n) is 3.01. The first-order valence-electron chi connectivity index (χ1n) is 8.31. The van der Waals surface area contributed by atoms with Gasteiger partial charge in [0.15, 0.2) is 5.78 Å². The summed E-state index contributed by atoms with van der Waals surface area (Å²) < 4.78 is 26.8. The Labute approximate surface area is 152 Å². The van der Waals surface area contributed by atoms with Crippen LogP contribution in [0, 0.1) is 5.92 Å². The van der Waals surface area contributed by atoms with Gasteiger partial charge < -0.3 is 5.32 Å². The van der Waals surface area contributed by atoms with Gasteiger partial charge in [0, 0.05) is 16.9 Å². The van der Waals surface area contributed by atoms with Crippen molar-refractivity contribution < 1.29 is 18.0 Å². The van der Waals surface area contributed by atoms with E-state index in [1.807, 2.05) is 13.8 Å². The molecule has 1 aliphatic heterocycles. The third-order valence-corrected chi connectivity index (χ3v) is 5.68. The number of nitrogens with one attached hydrogen (secondary N) is 2. The lowest BCUT2D eigenvalue weighted by Crippen LogP contribution is -2.21. The highest BCUT2D eigenvalue weighted by Gasteiger charge is 2.37. The molecule has 26 heavy (non-hydrogen) atoms. The summed E-state index contributed by atoms with van der Waals surface area (Å²) in [5.41, 5.74) is 1.78. The van der Waals surface area contributed by atoms with Crippen LogP contribution >= 0.6 is 0 Å². The summed E-state index contributed by atoms with van der Waals surface area (Å²) >= 11 is 0. The summed E-state index contributed by atoms with van der Waals surface area (Å²) in [6.07, 6.45) is 0. The minimum atomic E-state index is -3.49. The van der Waals surface area contributed by atoms with Crippen LogP contribution in [-0.2, 0) is 14.8 Å². The smallest absolute Gasteiger partial charge is 0.239 e. The van der Waals surface area contributed by atoms with E-state index in [1.165, 1.54) is 0 Å². The van der Waals surface area contributed by atoms with Crippen LogP contribution in [0.1, 0.15) is 35.7 Å². The molecule has 2 aromatic carbocycles. The number of Topliss-reactive ketones (excluding diaryl/α,β-unsaturated/α-hetero) is 1. The van der Waals surface area contributed by atoms with Gasteiger partial charge in [-0.3, -0.25) is 14.3 Å². The van der Waals surface area contributed by atoms with E-state index in [-0.39, 0.29) is 17.5 Å². The Morgan fingerprint density at radius 1 is 1.15 bits per heavy atom. The molecule has 6 nitrogen and oxygen atoms in total. The first-order valence-corrected chi connectivity index (χ1v) is 9.96. The van der Waals surface area contributed by atoms with Crippen LogP contribution in [0.25, 0.3) is 0 Å². The summed E-state index contributed by atoms with van der Waals surface area (Å²) in [6, 6.07) is 13.3. The second kappa shape index (κ2) is 6.92. The number of carbonyl (C=O) groups is 2. The van der Waals surface area contributed by atoms with Gasteiger partial charge in [0.2, 0.25) is 15.9 Å². The number of rotatable bonds is 6. The molecule has 1 unspecified atom stereocenters. The predicted octanol–water partition coefficient (Wildman–Crippen LogP) is 3.00. The lowest BCUT2D eigenvalue weighted by Gasteiger charge is -2.12. The van der Waals surface area contributed by atoms with Crippen molar-refractivity contribution in [2.24, 2.45) is 5.92 Å². The SMILES string of the molecule is CC(C)CS(=O)(=O)Nc1ccc2c(c1)C(C(=O)c1ccccc1)C(=O)N2. The molecule has 136 valence electrons. The van der Waals surface area contributed by atoms with E-state index < -0.39 is 21.8 Å². The molecule has 2 N–H and O–H groups in total. The highest BCUT2D eigenvalue weighted by atomic mass is 32.2. The lowest BCUT2D eigenvalue weighted by atomic mass is 9.91. The normalized spacial score (nSPS) is 16.3. The fraction of sp³-hybridized carbons (Fsp3) is 0.263. The molecule has 1 amide bonds. The number of carbonyl (C=O) groups excluding carboxylic acids is 2. The third kappa shape index (κ3) is 3.77. The van der Waals surface area contributed by atoms with Crippen LogP contribution in [0.4, 0.5) is 11.4 Å². The number of anilines is 2. The van der Waals surface area contributed by atoms with Gasteiger partial charge in [0.25, 0.3) is 0 Å². The topological polar surface area (TPSA) is 92.3 Å². The summed E-state index contributed by atoms with van der Waals surface area (Å²) in [5, 5.41) is 2.68. The molecule has 7 heteroatoms. The first kappa shape index (κ1) is 18.1. The molecule has 0 saturated heterocycles. The van der Waals surface area contributed by atoms with E-state index >= 15 is 0 Å². The molecule has 1 atom stereocenters. The van der Waals surface area contributed by atoms with Crippen molar-refractivity contribution in [2.45, 2.75) is 19.8 Å². The quantitative estimate of drug-likeness (QED) is 0.602. The van der Waals surface area contributed by atoms with Gasteiger partial charge in [0.05, 0.1) is 5.75 Å². The van der Waals surface area contributed by atoms with Crippen LogP contribution in [0.15, 0.2) is 48.5 Å². The zero-order valence-electron chi connectivity index (χ0n) is 14.5. The van der Waals surface area contributed by atoms with Crippen molar-refractivity contribution in [3.05, 3.63) is 59.7 Å². The number of hydrogen-bond donors (Lipinski definition) is 2. The second-order valence-electron chi connectivity index (χ2n) is 6.73. The number of ketones is 1. The zero-order chi connectivity index (χ0) is 18.9. The molecule has 0 spiro atoms. The predicted molar refractivity (Wildman–Crippen MR) is 101 cm³/mol. The largest absolute Gasteiger partial charge is 0.325 e. The molecule has 3 rings (SSSR count). The Morgan fingerprint density at radius 2 is 1.85 bits per heavy atom. The van der Waals surface area contributed by atoms with Crippen LogP contribution in [0.3, 0.4) is 0 Å². The van der Waals surface area contributed by atoms with E-state index in [0.717, 1.165) is 0 Å². The third-order valence-electron chi connectivity index (χ3n) is 4.03. The van der Waals surface area contributed by atoms with Crippen molar-refractivity contribution in [3.8, 4) is 0 Å². The Kier molecular flexibility index (Phi) is 4.82. The van der Waals surface area contributed by atoms with Crippen LogP contribution in [-0.4, -0.2) is 25.9 Å². The molecule has 0 aliphatic carbocycles. The number of benzene rings is 2. The van der Waals surface area contributed by atoms with Crippen molar-refractivity contribution in [1.29, 1.82) is 0 Å². The number of sulfonamides is 1. The molecular formula is C19H20N2O4S. The van der Waals surface area contributed by atoms with Gasteiger partial charge >= 0.3 is 0 Å². The number of fused-ring (bicyclic) bond motifs is 1. The molecule has 0 bridgehead atoms. The van der Waals surface area contributed by atoms with Gasteiger partial charge in [-0.05, 0) is 29.7 Å². The fourth-order valence-corrected chi connectivity index (χ4v) is 4.46. The highest BCUT2D eigenvalue weighted by molar-refractivity contribution is 7.92. The summed E-state index contributed by atoms with van der Waals surface area (Å²) in [4.78, 5) is 25.1. The molecular weight excluding hydrogens is 352 g/mol. The van der Waals surface area contributed by atoms with E-state index in [2.05, 4.69) is 10.0 Å². The van der Waals surface area contributed by atoms with Crippen LogP contribution < -0.4 is 10.0 Å². The van der Waals surface area contributed by atoms with Crippen molar-refractivity contribution >= 4 is 33.1 Å². The standard InChI is InChI=1S/C19H20N2O4S/c1-12(2)11-26(24,25)21-14-8-9-16-15(10-14)17(19(23)20-16)18(22)13-6-4-3-5-7-13/h3-10,12,17,21H,11H2,1-2H3,(H,20,23). The van der Waals surface area contributed by atoms with Gasteiger partial charge in [-0.25, -0.2) is 8.42 Å². The Hall–Kier alpha value is -2.67. The van der Waals surface area contributed by atoms with Gasteiger partial charge in [-0.1, -0.05) is 44.2 Å². The van der Waals surface area contributed by atoms with Crippen molar-refractivity contribution in [3.63, 3.8) is 0 Å². The van der Waals surface area contributed by atoms with Crippen molar-refractivity contribution in [2.75, 3.05) is 15.8 Å². The summed E-state index contributed by atoms with van der Waals surface area (Å²) in [5.74, 6) is -1.73. The summed E-state index contributed by atoms with van der Waals surface area (Å²) in [6.45, 7) is 3.64. The lowest BCUT2D eigenvalue weighted by molar-refractivity contribution is -0.116. The van der Waals surface area contributed by atoms with Gasteiger partial charge in [-0.2, -0.15) is 0 Å². The second-order valence-corrected chi connectivity index (χ2v) is 8.50. The average molecular weight is 372 g/mol. The zero-order valence-corrected chi connectivity index (χ0v) is 15.3. The average Bonchev–Trinajstić information content (AvgIpc) is 2.88. The Morgan fingerprint density at radius 3 is 2.50 bits per heavy atom. The minimum Gasteiger partial charge on any atom is -0.325 e. The molecule has 0 saturated carbocycles. The summed E-state index contributed by atoms with van der Waals surface area (Å²) in [7, 11) is -3.49. The van der Waals surface area contributed by atoms with Crippen LogP contribution in [0.5, 0.6) is 0 Å². The maximum absolute atomic E-state index is 12.8. The van der Waals surface area contributed by atoms with Gasteiger partial charge in [-0.15, -0.1) is 0 Å². The van der Waals surface area contributed by atoms with E-state index in [4.69, 9.17) is 0 Å². The molecule has 2 aromatic rings. The molecule has 1 aliphatic rings. The number of amides is 1. The van der Waals surface area contributed by atoms with E-state index in [0.29, 0.717) is 22.5 Å². The van der Waals surface area contributed by atoms with E-state index in [1.54, 1.807) is 48.5 Å². The monoisotopic (exact) mass is 372 g/mol. The Balaban J connectivity index is 1.92. The minimum absolute atomic E-state index is 0.00631. The molecule has 0 fully saturated rings. The highest BCUT2D eigenvalue weighted by Crippen LogP contribution is 2.36. The maximum atomic E-state index is 12.8. The first-order chi connectivity index (χ1) is 12.3. The van der Waals surface area contributed by atoms with Crippen LogP contribution in [0.2, 0.25) is 0 Å². The van der Waals surface area contributed by atoms with E-state index in [9.17, 15) is 18.0 Å². The molecule has 0 radical (unpaired) electrons. The Bertz CT molecular complexity index is 953. The maximum Gasteiger partial charge on any atom is 0.239 e. The van der Waals surface area contributed by atoms with Crippen molar-refractivity contribution in [1.82, 2.24) is 0 Å². The van der Waals surface area contributed by atoms with Gasteiger partial charge in [0.1, 0.15) is 5.92 Å². The molecule has 1 heterocycles. The number of hydrogen-bond acceptors (Lipinski definition) is 4. The molecule has 0 aromatic heterocycles.